The van der Waals surface area contributed by atoms with Gasteiger partial charge in [-0.3, -0.25) is 9.69 Å². The molecule has 3 aromatic rings. The fourth-order valence-corrected chi connectivity index (χ4v) is 4.20. The Bertz CT molecular complexity index is 1030. The molecule has 2 heterocycles. The Balaban J connectivity index is 1.37. The molecule has 156 valence electrons. The number of aromatic nitrogens is 2. The minimum Gasteiger partial charge on any atom is -0.366 e. The summed E-state index contributed by atoms with van der Waals surface area (Å²) in [5.41, 5.74) is 5.17. The first-order chi connectivity index (χ1) is 14.5. The van der Waals surface area contributed by atoms with E-state index in [1.54, 1.807) is 12.1 Å². The third kappa shape index (κ3) is 4.50. The molecule has 7 heteroatoms. The summed E-state index contributed by atoms with van der Waals surface area (Å²) in [6, 6.07) is 17.4. The molecule has 1 aliphatic rings. The van der Waals surface area contributed by atoms with Gasteiger partial charge in [-0.25, -0.2) is 4.68 Å². The van der Waals surface area contributed by atoms with Crippen molar-refractivity contribution in [2.75, 3.05) is 42.9 Å². The van der Waals surface area contributed by atoms with Crippen LogP contribution in [0.2, 0.25) is 5.02 Å². The molecule has 1 aliphatic heterocycles. The highest BCUT2D eigenvalue weighted by Gasteiger charge is 2.24. The monoisotopic (exact) mass is 423 g/mol. The molecule has 1 N–H and O–H groups in total. The van der Waals surface area contributed by atoms with E-state index in [-0.39, 0.29) is 5.91 Å². The van der Waals surface area contributed by atoms with Gasteiger partial charge in [0, 0.05) is 36.9 Å². The van der Waals surface area contributed by atoms with Crippen molar-refractivity contribution in [3.05, 3.63) is 71.0 Å². The van der Waals surface area contributed by atoms with Crippen LogP contribution in [0.25, 0.3) is 5.69 Å². The van der Waals surface area contributed by atoms with Crippen LogP contribution in [0.15, 0.2) is 54.6 Å². The summed E-state index contributed by atoms with van der Waals surface area (Å²) in [4.78, 5) is 16.9. The van der Waals surface area contributed by atoms with Crippen LogP contribution in [0.1, 0.15) is 11.4 Å². The van der Waals surface area contributed by atoms with E-state index in [2.05, 4.69) is 41.1 Å². The second-order valence-corrected chi connectivity index (χ2v) is 8.02. The molecule has 0 bridgehead atoms. The quantitative estimate of drug-likeness (QED) is 0.676. The van der Waals surface area contributed by atoms with Gasteiger partial charge in [0.1, 0.15) is 0 Å². The van der Waals surface area contributed by atoms with Crippen LogP contribution >= 0.6 is 11.6 Å². The zero-order chi connectivity index (χ0) is 21.1. The fourth-order valence-electron chi connectivity index (χ4n) is 4.01. The summed E-state index contributed by atoms with van der Waals surface area (Å²) >= 11 is 5.99. The van der Waals surface area contributed by atoms with E-state index < -0.39 is 0 Å². The summed E-state index contributed by atoms with van der Waals surface area (Å²) in [6.45, 7) is 7.96. The van der Waals surface area contributed by atoms with Gasteiger partial charge < -0.3 is 10.2 Å². The SMILES string of the molecule is Cc1nn(-c2ccccc2)c(C)c1N1CCN(CC(=O)Nc2cccc(Cl)c2)CC1. The fraction of sp³-hybridized carbons (Fsp3) is 0.304. The molecule has 0 unspecified atom stereocenters. The van der Waals surface area contributed by atoms with Crippen LogP contribution in [0.5, 0.6) is 0 Å². The second-order valence-electron chi connectivity index (χ2n) is 7.59. The Hall–Kier alpha value is -2.83. The van der Waals surface area contributed by atoms with Crippen molar-refractivity contribution < 1.29 is 4.79 Å². The summed E-state index contributed by atoms with van der Waals surface area (Å²) in [5, 5.41) is 8.30. The maximum atomic E-state index is 12.4. The van der Waals surface area contributed by atoms with Crippen LogP contribution in [0.3, 0.4) is 0 Å². The van der Waals surface area contributed by atoms with E-state index in [4.69, 9.17) is 16.7 Å². The predicted molar refractivity (Wildman–Crippen MR) is 122 cm³/mol. The number of nitrogens with zero attached hydrogens (tertiary/aromatic N) is 4. The number of carbonyl (C=O) groups excluding carboxylic acids is 1. The molecule has 6 nitrogen and oxygen atoms in total. The van der Waals surface area contributed by atoms with Crippen molar-refractivity contribution in [2.45, 2.75) is 13.8 Å². The number of hydrogen-bond acceptors (Lipinski definition) is 4. The Morgan fingerprint density at radius 1 is 1.03 bits per heavy atom. The first kappa shape index (κ1) is 20.4. The maximum absolute atomic E-state index is 12.4. The van der Waals surface area contributed by atoms with Gasteiger partial charge in [-0.05, 0) is 44.2 Å². The Labute approximate surface area is 182 Å². The summed E-state index contributed by atoms with van der Waals surface area (Å²) in [5.74, 6) is -0.0185. The average molecular weight is 424 g/mol. The van der Waals surface area contributed by atoms with Crippen molar-refractivity contribution in [1.82, 2.24) is 14.7 Å². The molecule has 30 heavy (non-hydrogen) atoms. The number of hydrogen-bond donors (Lipinski definition) is 1. The third-order valence-corrected chi connectivity index (χ3v) is 5.65. The van der Waals surface area contributed by atoms with Crippen molar-refractivity contribution in [1.29, 1.82) is 0 Å². The standard InChI is InChI=1S/C23H26ClN5O/c1-17-23(18(2)29(26-17)21-9-4-3-5-10-21)28-13-11-27(12-14-28)16-22(30)25-20-8-6-7-19(24)15-20/h3-10,15H,11-14,16H2,1-2H3,(H,25,30). The lowest BCUT2D eigenvalue weighted by atomic mass is 10.2. The van der Waals surface area contributed by atoms with Gasteiger partial charge in [0.25, 0.3) is 0 Å². The molecular formula is C23H26ClN5O. The molecule has 2 aromatic carbocycles. The van der Waals surface area contributed by atoms with Gasteiger partial charge in [-0.1, -0.05) is 35.9 Å². The summed E-state index contributed by atoms with van der Waals surface area (Å²) in [6.07, 6.45) is 0. The van der Waals surface area contributed by atoms with E-state index in [0.29, 0.717) is 11.6 Å². The van der Waals surface area contributed by atoms with Crippen LogP contribution in [-0.2, 0) is 4.79 Å². The van der Waals surface area contributed by atoms with Gasteiger partial charge in [0.2, 0.25) is 5.91 Å². The molecule has 0 aliphatic carbocycles. The van der Waals surface area contributed by atoms with Crippen molar-refractivity contribution >= 4 is 28.9 Å². The summed E-state index contributed by atoms with van der Waals surface area (Å²) in [7, 11) is 0. The number of benzene rings is 2. The number of nitrogens with one attached hydrogen (secondary N) is 1. The lowest BCUT2D eigenvalue weighted by Crippen LogP contribution is -2.49. The Morgan fingerprint density at radius 3 is 2.47 bits per heavy atom. The third-order valence-electron chi connectivity index (χ3n) is 5.42. The highest BCUT2D eigenvalue weighted by molar-refractivity contribution is 6.30. The molecule has 4 rings (SSSR count). The number of rotatable bonds is 5. The first-order valence-electron chi connectivity index (χ1n) is 10.2. The number of halogens is 1. The maximum Gasteiger partial charge on any atom is 0.238 e. The zero-order valence-corrected chi connectivity index (χ0v) is 18.1. The molecule has 0 saturated carbocycles. The predicted octanol–water partition coefficient (Wildman–Crippen LogP) is 3.90. The average Bonchev–Trinajstić information content (AvgIpc) is 3.03. The van der Waals surface area contributed by atoms with Gasteiger partial charge in [-0.15, -0.1) is 0 Å². The molecule has 1 amide bonds. The molecule has 1 fully saturated rings. The highest BCUT2D eigenvalue weighted by atomic mass is 35.5. The smallest absolute Gasteiger partial charge is 0.238 e. The lowest BCUT2D eigenvalue weighted by molar-refractivity contribution is -0.117. The van der Waals surface area contributed by atoms with Crippen molar-refractivity contribution in [2.24, 2.45) is 0 Å². The zero-order valence-electron chi connectivity index (χ0n) is 17.3. The highest BCUT2D eigenvalue weighted by Crippen LogP contribution is 2.27. The van der Waals surface area contributed by atoms with Gasteiger partial charge in [-0.2, -0.15) is 5.10 Å². The van der Waals surface area contributed by atoms with Crippen molar-refractivity contribution in [3.63, 3.8) is 0 Å². The molecule has 1 saturated heterocycles. The Morgan fingerprint density at radius 2 is 1.77 bits per heavy atom. The minimum atomic E-state index is -0.0185. The van der Waals surface area contributed by atoms with Crippen LogP contribution in [0, 0.1) is 13.8 Å². The Kier molecular flexibility index (Phi) is 6.06. The van der Waals surface area contributed by atoms with Crippen LogP contribution < -0.4 is 10.2 Å². The largest absolute Gasteiger partial charge is 0.366 e. The topological polar surface area (TPSA) is 53.4 Å². The normalized spacial score (nSPS) is 14.7. The summed E-state index contributed by atoms with van der Waals surface area (Å²) < 4.78 is 2.01. The van der Waals surface area contributed by atoms with E-state index in [0.717, 1.165) is 48.9 Å². The molecule has 0 atom stereocenters. The van der Waals surface area contributed by atoms with E-state index in [1.807, 2.05) is 35.0 Å². The molecule has 0 radical (unpaired) electrons. The molecule has 1 aromatic heterocycles. The van der Waals surface area contributed by atoms with E-state index in [1.165, 1.54) is 5.69 Å². The van der Waals surface area contributed by atoms with Gasteiger partial charge >= 0.3 is 0 Å². The van der Waals surface area contributed by atoms with Crippen LogP contribution in [-0.4, -0.2) is 53.3 Å². The number of aryl methyl sites for hydroxylation is 1. The van der Waals surface area contributed by atoms with E-state index >= 15 is 0 Å². The number of carbonyl (C=O) groups is 1. The number of anilines is 2. The first-order valence-corrected chi connectivity index (χ1v) is 10.5. The number of piperazine rings is 1. The second kappa shape index (κ2) is 8.90. The van der Waals surface area contributed by atoms with Crippen LogP contribution in [0.4, 0.5) is 11.4 Å². The lowest BCUT2D eigenvalue weighted by Gasteiger charge is -2.35. The van der Waals surface area contributed by atoms with Gasteiger partial charge in [0.05, 0.1) is 29.3 Å². The molecular weight excluding hydrogens is 398 g/mol. The number of amides is 1. The van der Waals surface area contributed by atoms with Crippen molar-refractivity contribution in [3.8, 4) is 5.69 Å². The number of para-hydroxylation sites is 1. The van der Waals surface area contributed by atoms with E-state index in [9.17, 15) is 4.79 Å². The minimum absolute atomic E-state index is 0.0185. The molecule has 0 spiro atoms. The van der Waals surface area contributed by atoms with Gasteiger partial charge in [0.15, 0.2) is 0 Å².